The maximum absolute atomic E-state index is 13.0. The van der Waals surface area contributed by atoms with E-state index in [0.29, 0.717) is 6.61 Å². The van der Waals surface area contributed by atoms with Crippen molar-refractivity contribution in [2.24, 2.45) is 23.2 Å². The fourth-order valence-electron chi connectivity index (χ4n) is 6.68. The lowest BCUT2D eigenvalue weighted by Crippen LogP contribution is -3.00. The molecule has 4 bridgehead atoms. The highest BCUT2D eigenvalue weighted by Crippen LogP contribution is 2.60. The van der Waals surface area contributed by atoms with Gasteiger partial charge in [-0.25, -0.2) is 0 Å². The summed E-state index contributed by atoms with van der Waals surface area (Å²) in [6.07, 6.45) is 18.5. The van der Waals surface area contributed by atoms with Gasteiger partial charge in [-0.15, -0.1) is 0 Å². The number of unbranched alkanes of at least 4 members (excludes halogenated alkanes) is 7. The Morgan fingerprint density at radius 3 is 1.83 bits per heavy atom. The van der Waals surface area contributed by atoms with Crippen LogP contribution in [-0.4, -0.2) is 44.2 Å². The van der Waals surface area contributed by atoms with Gasteiger partial charge in [-0.05, 0) is 69.1 Å². The van der Waals surface area contributed by atoms with Crippen LogP contribution in [0.1, 0.15) is 96.8 Å². The molecule has 0 unspecified atom stereocenters. The van der Waals surface area contributed by atoms with Crippen LogP contribution in [0.25, 0.3) is 0 Å². The van der Waals surface area contributed by atoms with Gasteiger partial charge in [0.1, 0.15) is 13.2 Å². The molecule has 4 rings (SSSR count). The fourth-order valence-corrected chi connectivity index (χ4v) is 6.68. The standard InChI is InChI=1S/C25H46NO2.BrH/c1-4-5-6-7-8-9-10-11-12-26(2,3)13-14-28-24(27)25-18-21-15-22(19-25)17-23(16-21)20-25;/h21-23H,4-20H2,1-3H3;1H/q+1;/p-1. The Labute approximate surface area is 190 Å². The number of rotatable bonds is 13. The van der Waals surface area contributed by atoms with Crippen LogP contribution in [0.5, 0.6) is 0 Å². The lowest BCUT2D eigenvalue weighted by Gasteiger charge is -2.55. The van der Waals surface area contributed by atoms with E-state index >= 15 is 0 Å². The van der Waals surface area contributed by atoms with E-state index in [1.807, 2.05) is 0 Å². The smallest absolute Gasteiger partial charge is 0.312 e. The van der Waals surface area contributed by atoms with Gasteiger partial charge in [-0.2, -0.15) is 0 Å². The molecule has 4 saturated carbocycles. The molecular weight excluding hydrogens is 426 g/mol. The number of quaternary nitrogens is 1. The predicted molar refractivity (Wildman–Crippen MR) is 116 cm³/mol. The van der Waals surface area contributed by atoms with Crippen LogP contribution in [0.2, 0.25) is 0 Å². The van der Waals surface area contributed by atoms with Crippen LogP contribution < -0.4 is 17.0 Å². The first-order valence-corrected chi connectivity index (χ1v) is 12.4. The highest BCUT2D eigenvalue weighted by Gasteiger charge is 2.55. The molecule has 0 spiro atoms. The average molecular weight is 473 g/mol. The molecular formula is C25H46BrNO2. The molecule has 0 aromatic heterocycles. The normalized spacial score (nSPS) is 30.2. The Kier molecular flexibility index (Phi) is 9.99. The van der Waals surface area contributed by atoms with E-state index in [-0.39, 0.29) is 28.4 Å². The van der Waals surface area contributed by atoms with Crippen LogP contribution in [0.4, 0.5) is 0 Å². The Hall–Kier alpha value is -0.0900. The second-order valence-corrected chi connectivity index (χ2v) is 11.2. The molecule has 0 radical (unpaired) electrons. The van der Waals surface area contributed by atoms with Crippen molar-refractivity contribution in [3.8, 4) is 0 Å². The number of hydrogen-bond donors (Lipinski definition) is 0. The number of likely N-dealkylation sites (N-methyl/N-ethyl adjacent to an activating group) is 1. The number of carbonyl (C=O) groups is 1. The minimum atomic E-state index is -0.0936. The zero-order chi connectivity index (χ0) is 20.0. The van der Waals surface area contributed by atoms with Gasteiger partial charge < -0.3 is 26.2 Å². The SMILES string of the molecule is CCCCCCCCCC[N+](C)(C)CCOC(=O)C12CC3CC(CC(C3)C1)C2.[Br-]. The third-order valence-corrected chi connectivity index (χ3v) is 8.02. The lowest BCUT2D eigenvalue weighted by atomic mass is 9.49. The molecule has 4 fully saturated rings. The zero-order valence-electron chi connectivity index (χ0n) is 19.4. The highest BCUT2D eigenvalue weighted by molar-refractivity contribution is 5.77. The molecule has 29 heavy (non-hydrogen) atoms. The maximum Gasteiger partial charge on any atom is 0.312 e. The number of esters is 1. The van der Waals surface area contributed by atoms with Crippen LogP contribution in [0, 0.1) is 23.2 Å². The van der Waals surface area contributed by atoms with Gasteiger partial charge in [-0.1, -0.05) is 45.4 Å². The minimum absolute atomic E-state index is 0. The first-order chi connectivity index (χ1) is 13.4. The van der Waals surface area contributed by atoms with E-state index in [9.17, 15) is 4.79 Å². The summed E-state index contributed by atoms with van der Waals surface area (Å²) in [6.45, 7) is 5.03. The molecule has 3 nitrogen and oxygen atoms in total. The first-order valence-electron chi connectivity index (χ1n) is 12.4. The maximum atomic E-state index is 13.0. The summed E-state index contributed by atoms with van der Waals surface area (Å²) < 4.78 is 6.87. The number of hydrogen-bond acceptors (Lipinski definition) is 2. The molecule has 0 aromatic rings. The van der Waals surface area contributed by atoms with Gasteiger partial charge in [0, 0.05) is 0 Å². The molecule has 0 amide bonds. The second-order valence-electron chi connectivity index (χ2n) is 11.2. The van der Waals surface area contributed by atoms with Crippen molar-refractivity contribution < 1.29 is 31.0 Å². The van der Waals surface area contributed by atoms with Gasteiger partial charge in [-0.3, -0.25) is 4.79 Å². The summed E-state index contributed by atoms with van der Waals surface area (Å²) in [5, 5.41) is 0. The van der Waals surface area contributed by atoms with Gasteiger partial charge in [0.2, 0.25) is 0 Å². The van der Waals surface area contributed by atoms with Crippen molar-refractivity contribution in [1.29, 1.82) is 0 Å². The van der Waals surface area contributed by atoms with E-state index in [2.05, 4.69) is 21.0 Å². The topological polar surface area (TPSA) is 26.3 Å². The fraction of sp³-hybridized carbons (Fsp3) is 0.960. The summed E-state index contributed by atoms with van der Waals surface area (Å²) in [5.41, 5.74) is -0.0936. The lowest BCUT2D eigenvalue weighted by molar-refractivity contribution is -0.890. The van der Waals surface area contributed by atoms with E-state index in [1.165, 1.54) is 77.2 Å². The van der Waals surface area contributed by atoms with E-state index in [1.54, 1.807) is 0 Å². The van der Waals surface area contributed by atoms with Crippen molar-refractivity contribution in [3.63, 3.8) is 0 Å². The number of carbonyl (C=O) groups excluding carboxylic acids is 1. The number of nitrogens with zero attached hydrogens (tertiary/aromatic N) is 1. The quantitative estimate of drug-likeness (QED) is 0.234. The molecule has 0 N–H and O–H groups in total. The predicted octanol–water partition coefficient (Wildman–Crippen LogP) is 2.97. The zero-order valence-corrected chi connectivity index (χ0v) is 21.0. The Morgan fingerprint density at radius 2 is 1.31 bits per heavy atom. The van der Waals surface area contributed by atoms with Gasteiger partial charge >= 0.3 is 5.97 Å². The summed E-state index contributed by atoms with van der Waals surface area (Å²) in [5.74, 6) is 2.59. The molecule has 0 saturated heterocycles. The van der Waals surface area contributed by atoms with E-state index < -0.39 is 0 Å². The molecule has 0 atom stereocenters. The van der Waals surface area contributed by atoms with Crippen molar-refractivity contribution in [2.45, 2.75) is 96.8 Å². The van der Waals surface area contributed by atoms with Crippen molar-refractivity contribution in [1.82, 2.24) is 0 Å². The molecule has 0 aliphatic heterocycles. The Bertz CT molecular complexity index is 470. The number of ether oxygens (including phenoxy) is 1. The summed E-state index contributed by atoms with van der Waals surface area (Å²) >= 11 is 0. The molecule has 4 heteroatoms. The van der Waals surface area contributed by atoms with Gasteiger partial charge in [0.15, 0.2) is 0 Å². The van der Waals surface area contributed by atoms with Crippen LogP contribution in [-0.2, 0) is 9.53 Å². The molecule has 0 aromatic carbocycles. The molecule has 0 heterocycles. The Morgan fingerprint density at radius 1 is 0.828 bits per heavy atom. The summed E-state index contributed by atoms with van der Waals surface area (Å²) in [4.78, 5) is 13.0. The highest BCUT2D eigenvalue weighted by atomic mass is 79.9. The van der Waals surface area contributed by atoms with Crippen molar-refractivity contribution in [3.05, 3.63) is 0 Å². The summed E-state index contributed by atoms with van der Waals surface area (Å²) in [7, 11) is 4.58. The molecule has 4 aliphatic rings. The minimum Gasteiger partial charge on any atom is -1.00 e. The molecule has 170 valence electrons. The van der Waals surface area contributed by atoms with Gasteiger partial charge in [0.05, 0.1) is 26.1 Å². The van der Waals surface area contributed by atoms with Crippen LogP contribution >= 0.6 is 0 Å². The monoisotopic (exact) mass is 471 g/mol. The third kappa shape index (κ3) is 7.23. The first kappa shape index (κ1) is 25.2. The Balaban J connectivity index is 0.00000300. The van der Waals surface area contributed by atoms with Crippen LogP contribution in [0.3, 0.4) is 0 Å². The average Bonchev–Trinajstić information content (AvgIpc) is 2.62. The second kappa shape index (κ2) is 11.5. The van der Waals surface area contributed by atoms with Crippen molar-refractivity contribution >= 4 is 5.97 Å². The van der Waals surface area contributed by atoms with E-state index in [0.717, 1.165) is 48.0 Å². The largest absolute Gasteiger partial charge is 1.00 e. The molecule has 4 aliphatic carbocycles. The third-order valence-electron chi connectivity index (χ3n) is 8.02. The van der Waals surface area contributed by atoms with Crippen LogP contribution in [0.15, 0.2) is 0 Å². The number of halogens is 1. The van der Waals surface area contributed by atoms with E-state index in [4.69, 9.17) is 4.74 Å². The summed E-state index contributed by atoms with van der Waals surface area (Å²) in [6, 6.07) is 0. The van der Waals surface area contributed by atoms with Crippen molar-refractivity contribution in [2.75, 3.05) is 33.8 Å². The van der Waals surface area contributed by atoms with Gasteiger partial charge in [0.25, 0.3) is 0 Å².